The number of hydrogen-bond donors (Lipinski definition) is 0. The summed E-state index contributed by atoms with van der Waals surface area (Å²) in [5.74, 6) is 1.66. The van der Waals surface area contributed by atoms with Gasteiger partial charge in [0, 0.05) is 5.33 Å². The fourth-order valence-corrected chi connectivity index (χ4v) is 2.15. The summed E-state index contributed by atoms with van der Waals surface area (Å²) < 4.78 is 11.1. The first-order chi connectivity index (χ1) is 8.81. The molecule has 1 aromatic carbocycles. The van der Waals surface area contributed by atoms with E-state index in [1.54, 1.807) is 7.11 Å². The lowest BCUT2D eigenvalue weighted by Crippen LogP contribution is -2.00. The number of halogens is 1. The number of rotatable bonds is 9. The van der Waals surface area contributed by atoms with Gasteiger partial charge in [-0.1, -0.05) is 54.6 Å². The van der Waals surface area contributed by atoms with Crippen LogP contribution in [-0.4, -0.2) is 13.7 Å². The van der Waals surface area contributed by atoms with Gasteiger partial charge in [0.25, 0.3) is 0 Å². The average molecular weight is 315 g/mol. The topological polar surface area (TPSA) is 18.5 Å². The number of ether oxygens (including phenoxy) is 2. The van der Waals surface area contributed by atoms with E-state index in [-0.39, 0.29) is 0 Å². The summed E-state index contributed by atoms with van der Waals surface area (Å²) in [5, 5.41) is 0.837. The standard InChI is InChI=1S/C15H23BrO2/c1-3-4-5-6-7-10-18-15-11-13(12-16)8-9-14(15)17-2/h8-9,11H,3-7,10,12H2,1-2H3. The molecule has 0 aromatic heterocycles. The molecule has 0 heterocycles. The van der Waals surface area contributed by atoms with Crippen molar-refractivity contribution in [3.8, 4) is 11.5 Å². The van der Waals surface area contributed by atoms with Crippen LogP contribution in [0.4, 0.5) is 0 Å². The Morgan fingerprint density at radius 2 is 1.83 bits per heavy atom. The molecule has 0 aliphatic heterocycles. The highest BCUT2D eigenvalue weighted by atomic mass is 79.9. The van der Waals surface area contributed by atoms with Gasteiger partial charge in [-0.25, -0.2) is 0 Å². The summed E-state index contributed by atoms with van der Waals surface area (Å²) in [6, 6.07) is 6.05. The lowest BCUT2D eigenvalue weighted by molar-refractivity contribution is 0.284. The SMILES string of the molecule is CCCCCCCOc1cc(CBr)ccc1OC. The van der Waals surface area contributed by atoms with Gasteiger partial charge in [-0.2, -0.15) is 0 Å². The van der Waals surface area contributed by atoms with Crippen molar-refractivity contribution >= 4 is 15.9 Å². The molecular weight excluding hydrogens is 292 g/mol. The van der Waals surface area contributed by atoms with Crippen LogP contribution in [0.2, 0.25) is 0 Å². The van der Waals surface area contributed by atoms with Crippen LogP contribution in [0.1, 0.15) is 44.6 Å². The van der Waals surface area contributed by atoms with Crippen LogP contribution in [-0.2, 0) is 5.33 Å². The van der Waals surface area contributed by atoms with Crippen molar-refractivity contribution in [3.63, 3.8) is 0 Å². The molecule has 0 bridgehead atoms. The van der Waals surface area contributed by atoms with Gasteiger partial charge < -0.3 is 9.47 Å². The van der Waals surface area contributed by atoms with Crippen molar-refractivity contribution in [2.45, 2.75) is 44.4 Å². The van der Waals surface area contributed by atoms with Gasteiger partial charge in [-0.15, -0.1) is 0 Å². The Morgan fingerprint density at radius 3 is 2.50 bits per heavy atom. The molecule has 3 heteroatoms. The van der Waals surface area contributed by atoms with Gasteiger partial charge in [-0.05, 0) is 24.1 Å². The lowest BCUT2D eigenvalue weighted by Gasteiger charge is -2.11. The Morgan fingerprint density at radius 1 is 1.06 bits per heavy atom. The number of unbranched alkanes of at least 4 members (excludes halogenated alkanes) is 4. The molecule has 0 radical (unpaired) electrons. The van der Waals surface area contributed by atoms with E-state index in [1.165, 1.54) is 31.2 Å². The minimum Gasteiger partial charge on any atom is -0.493 e. The summed E-state index contributed by atoms with van der Waals surface area (Å²) in [7, 11) is 1.68. The maximum absolute atomic E-state index is 5.80. The molecule has 1 aromatic rings. The monoisotopic (exact) mass is 314 g/mol. The summed E-state index contributed by atoms with van der Waals surface area (Å²) in [6.07, 6.45) is 6.26. The van der Waals surface area contributed by atoms with Crippen LogP contribution in [0.3, 0.4) is 0 Å². The molecule has 0 aliphatic rings. The van der Waals surface area contributed by atoms with Crippen LogP contribution in [0.25, 0.3) is 0 Å². The molecule has 0 aliphatic carbocycles. The molecule has 0 spiro atoms. The van der Waals surface area contributed by atoms with Crippen LogP contribution in [0.15, 0.2) is 18.2 Å². The Hall–Kier alpha value is -0.700. The third-order valence-electron chi connectivity index (χ3n) is 2.89. The smallest absolute Gasteiger partial charge is 0.161 e. The van der Waals surface area contributed by atoms with Crippen molar-refractivity contribution in [1.29, 1.82) is 0 Å². The zero-order valence-electron chi connectivity index (χ0n) is 11.4. The molecule has 0 amide bonds. The van der Waals surface area contributed by atoms with Gasteiger partial charge in [0.1, 0.15) is 0 Å². The average Bonchev–Trinajstić information content (AvgIpc) is 2.42. The van der Waals surface area contributed by atoms with E-state index in [4.69, 9.17) is 9.47 Å². The molecular formula is C15H23BrO2. The Kier molecular flexibility index (Phi) is 7.90. The molecule has 0 fully saturated rings. The van der Waals surface area contributed by atoms with E-state index in [0.717, 1.165) is 29.9 Å². The normalized spacial score (nSPS) is 10.4. The second kappa shape index (κ2) is 9.26. The second-order valence-electron chi connectivity index (χ2n) is 4.38. The fourth-order valence-electron chi connectivity index (χ4n) is 1.80. The molecule has 2 nitrogen and oxygen atoms in total. The number of methoxy groups -OCH3 is 1. The quantitative estimate of drug-likeness (QED) is 0.475. The second-order valence-corrected chi connectivity index (χ2v) is 4.94. The molecule has 0 unspecified atom stereocenters. The van der Waals surface area contributed by atoms with Gasteiger partial charge in [0.15, 0.2) is 11.5 Å². The summed E-state index contributed by atoms with van der Waals surface area (Å²) in [5.41, 5.74) is 1.21. The van der Waals surface area contributed by atoms with Gasteiger partial charge in [0.05, 0.1) is 13.7 Å². The third-order valence-corrected chi connectivity index (χ3v) is 3.54. The first-order valence-corrected chi connectivity index (χ1v) is 7.79. The number of hydrogen-bond acceptors (Lipinski definition) is 2. The Bertz CT molecular complexity index is 339. The summed E-state index contributed by atoms with van der Waals surface area (Å²) >= 11 is 3.45. The fraction of sp³-hybridized carbons (Fsp3) is 0.600. The molecule has 0 saturated carbocycles. The van der Waals surface area contributed by atoms with Gasteiger partial charge in [-0.3, -0.25) is 0 Å². The highest BCUT2D eigenvalue weighted by molar-refractivity contribution is 9.08. The summed E-state index contributed by atoms with van der Waals surface area (Å²) in [4.78, 5) is 0. The van der Waals surface area contributed by atoms with Crippen LogP contribution in [0.5, 0.6) is 11.5 Å². The molecule has 102 valence electrons. The zero-order chi connectivity index (χ0) is 13.2. The van der Waals surface area contributed by atoms with Crippen molar-refractivity contribution in [3.05, 3.63) is 23.8 Å². The Balaban J connectivity index is 2.39. The largest absolute Gasteiger partial charge is 0.493 e. The molecule has 0 atom stereocenters. The van der Waals surface area contributed by atoms with Crippen molar-refractivity contribution in [2.24, 2.45) is 0 Å². The Labute approximate surface area is 119 Å². The minimum absolute atomic E-state index is 0.770. The van der Waals surface area contributed by atoms with E-state index in [9.17, 15) is 0 Å². The van der Waals surface area contributed by atoms with E-state index >= 15 is 0 Å². The highest BCUT2D eigenvalue weighted by Gasteiger charge is 2.05. The van der Waals surface area contributed by atoms with Crippen molar-refractivity contribution < 1.29 is 9.47 Å². The van der Waals surface area contributed by atoms with Crippen LogP contribution < -0.4 is 9.47 Å². The van der Waals surface area contributed by atoms with E-state index in [2.05, 4.69) is 22.9 Å². The molecule has 0 N–H and O–H groups in total. The van der Waals surface area contributed by atoms with E-state index in [0.29, 0.717) is 0 Å². The van der Waals surface area contributed by atoms with E-state index < -0.39 is 0 Å². The molecule has 1 rings (SSSR count). The number of alkyl halides is 1. The number of benzene rings is 1. The van der Waals surface area contributed by atoms with Crippen LogP contribution in [0, 0.1) is 0 Å². The van der Waals surface area contributed by atoms with Gasteiger partial charge in [0.2, 0.25) is 0 Å². The lowest BCUT2D eigenvalue weighted by atomic mass is 10.2. The van der Waals surface area contributed by atoms with Gasteiger partial charge >= 0.3 is 0 Å². The predicted octanol–water partition coefficient (Wildman–Crippen LogP) is 4.94. The summed E-state index contributed by atoms with van der Waals surface area (Å²) in [6.45, 7) is 3.00. The highest BCUT2D eigenvalue weighted by Crippen LogP contribution is 2.29. The maximum Gasteiger partial charge on any atom is 0.161 e. The minimum atomic E-state index is 0.770. The van der Waals surface area contributed by atoms with Crippen molar-refractivity contribution in [1.82, 2.24) is 0 Å². The van der Waals surface area contributed by atoms with Crippen molar-refractivity contribution in [2.75, 3.05) is 13.7 Å². The molecule has 18 heavy (non-hydrogen) atoms. The van der Waals surface area contributed by atoms with Crippen LogP contribution >= 0.6 is 15.9 Å². The third kappa shape index (κ3) is 5.30. The maximum atomic E-state index is 5.80. The first-order valence-electron chi connectivity index (χ1n) is 6.67. The molecule has 0 saturated heterocycles. The first kappa shape index (κ1) is 15.4. The zero-order valence-corrected chi connectivity index (χ0v) is 13.0. The van der Waals surface area contributed by atoms with E-state index in [1.807, 2.05) is 18.2 Å². The predicted molar refractivity (Wildman–Crippen MR) is 79.9 cm³/mol.